The number of hydrazine groups is 1. The van der Waals surface area contributed by atoms with Crippen molar-refractivity contribution in [3.8, 4) is 0 Å². The predicted octanol–water partition coefficient (Wildman–Crippen LogP) is 3.22. The molecule has 0 aliphatic rings. The molecule has 0 radical (unpaired) electrons. The molecular formula is C17H11ClFN3O3S. The Kier molecular flexibility index (Phi) is 5.15. The molecule has 6 nitrogen and oxygen atoms in total. The summed E-state index contributed by atoms with van der Waals surface area (Å²) < 4.78 is 18.3. The number of benzene rings is 2. The maximum Gasteiger partial charge on any atom is 0.305 e. The topological polar surface area (TPSA) is 83.4 Å². The van der Waals surface area contributed by atoms with Gasteiger partial charge in [-0.1, -0.05) is 11.6 Å². The van der Waals surface area contributed by atoms with Crippen molar-refractivity contribution in [2.75, 3.05) is 5.32 Å². The van der Waals surface area contributed by atoms with Gasteiger partial charge in [0.2, 0.25) is 0 Å². The fraction of sp³-hybridized carbons (Fsp3) is 0. The van der Waals surface area contributed by atoms with E-state index in [0.717, 1.165) is 6.07 Å². The number of hydrogen-bond acceptors (Lipinski definition) is 4. The van der Waals surface area contributed by atoms with Crippen molar-refractivity contribution in [3.63, 3.8) is 0 Å². The first kappa shape index (κ1) is 17.8. The van der Waals surface area contributed by atoms with Gasteiger partial charge in [-0.05, 0) is 54.7 Å². The van der Waals surface area contributed by atoms with E-state index < -0.39 is 11.3 Å². The first-order valence-corrected chi connectivity index (χ1v) is 8.07. The van der Waals surface area contributed by atoms with Gasteiger partial charge in [-0.2, -0.15) is 0 Å². The summed E-state index contributed by atoms with van der Waals surface area (Å²) in [5.41, 5.74) is 5.15. The SMILES string of the molecule is O=C(NNC(=S)Nc1ccc(F)cc1)c1cc(=O)c2cc(Cl)ccc2o1. The summed E-state index contributed by atoms with van der Waals surface area (Å²) in [6.45, 7) is 0. The Morgan fingerprint density at radius 1 is 1.08 bits per heavy atom. The van der Waals surface area contributed by atoms with Gasteiger partial charge in [0.1, 0.15) is 11.4 Å². The van der Waals surface area contributed by atoms with Crippen LogP contribution in [0.25, 0.3) is 11.0 Å². The maximum atomic E-state index is 12.9. The zero-order valence-corrected chi connectivity index (χ0v) is 14.6. The average molecular weight is 392 g/mol. The highest BCUT2D eigenvalue weighted by molar-refractivity contribution is 7.80. The van der Waals surface area contributed by atoms with Gasteiger partial charge >= 0.3 is 5.91 Å². The largest absolute Gasteiger partial charge is 0.451 e. The number of rotatable bonds is 2. The van der Waals surface area contributed by atoms with Gasteiger partial charge in [-0.15, -0.1) is 0 Å². The number of carbonyl (C=O) groups is 1. The second kappa shape index (κ2) is 7.51. The van der Waals surface area contributed by atoms with E-state index in [1.165, 1.54) is 36.4 Å². The van der Waals surface area contributed by atoms with Crippen LogP contribution in [0.15, 0.2) is 57.7 Å². The second-order valence-electron chi connectivity index (χ2n) is 5.16. The summed E-state index contributed by atoms with van der Waals surface area (Å²) in [6, 6.07) is 11.1. The van der Waals surface area contributed by atoms with E-state index in [9.17, 15) is 14.0 Å². The number of carbonyl (C=O) groups excluding carboxylic acids is 1. The fourth-order valence-electron chi connectivity index (χ4n) is 2.11. The Hall–Kier alpha value is -2.97. The molecule has 1 heterocycles. The molecule has 132 valence electrons. The molecule has 0 fully saturated rings. The number of hydrogen-bond donors (Lipinski definition) is 3. The molecule has 26 heavy (non-hydrogen) atoms. The zero-order chi connectivity index (χ0) is 18.7. The lowest BCUT2D eigenvalue weighted by molar-refractivity contribution is 0.0917. The molecule has 0 aliphatic heterocycles. The summed E-state index contributed by atoms with van der Waals surface area (Å²) >= 11 is 10.9. The molecule has 3 aromatic rings. The molecule has 2 aromatic carbocycles. The van der Waals surface area contributed by atoms with Crippen LogP contribution in [0.1, 0.15) is 10.6 Å². The Morgan fingerprint density at radius 2 is 1.81 bits per heavy atom. The highest BCUT2D eigenvalue weighted by Crippen LogP contribution is 2.17. The van der Waals surface area contributed by atoms with E-state index in [-0.39, 0.29) is 27.7 Å². The normalized spacial score (nSPS) is 10.4. The molecular weight excluding hydrogens is 381 g/mol. The number of fused-ring (bicyclic) bond motifs is 1. The molecule has 0 unspecified atom stereocenters. The molecule has 0 bridgehead atoms. The van der Waals surface area contributed by atoms with E-state index in [2.05, 4.69) is 16.2 Å². The van der Waals surface area contributed by atoms with Gasteiger partial charge in [0.05, 0.1) is 5.39 Å². The van der Waals surface area contributed by atoms with Gasteiger partial charge in [0.25, 0.3) is 0 Å². The van der Waals surface area contributed by atoms with E-state index in [1.807, 2.05) is 0 Å². The molecule has 0 aliphatic carbocycles. The van der Waals surface area contributed by atoms with Crippen LogP contribution in [-0.4, -0.2) is 11.0 Å². The first-order valence-electron chi connectivity index (χ1n) is 7.29. The molecule has 3 rings (SSSR count). The number of thiocarbonyl (C=S) groups is 1. The lowest BCUT2D eigenvalue weighted by Crippen LogP contribution is -2.43. The van der Waals surface area contributed by atoms with E-state index >= 15 is 0 Å². The predicted molar refractivity (Wildman–Crippen MR) is 101 cm³/mol. The van der Waals surface area contributed by atoms with Crippen molar-refractivity contribution < 1.29 is 13.6 Å². The lowest BCUT2D eigenvalue weighted by atomic mass is 10.2. The highest BCUT2D eigenvalue weighted by Gasteiger charge is 2.13. The Bertz CT molecular complexity index is 1050. The lowest BCUT2D eigenvalue weighted by Gasteiger charge is -2.11. The molecule has 0 saturated carbocycles. The van der Waals surface area contributed by atoms with Crippen molar-refractivity contribution in [2.45, 2.75) is 0 Å². The van der Waals surface area contributed by atoms with Crippen LogP contribution >= 0.6 is 23.8 Å². The van der Waals surface area contributed by atoms with Crippen LogP contribution in [0.3, 0.4) is 0 Å². The third-order valence-electron chi connectivity index (χ3n) is 3.30. The number of anilines is 1. The molecule has 1 amide bonds. The molecule has 0 saturated heterocycles. The van der Waals surface area contributed by atoms with Crippen LogP contribution in [0.4, 0.5) is 10.1 Å². The van der Waals surface area contributed by atoms with Crippen molar-refractivity contribution in [2.24, 2.45) is 0 Å². The number of amides is 1. The van der Waals surface area contributed by atoms with Crippen LogP contribution < -0.4 is 21.6 Å². The Morgan fingerprint density at radius 3 is 2.54 bits per heavy atom. The molecule has 9 heteroatoms. The number of halogens is 2. The fourth-order valence-corrected chi connectivity index (χ4v) is 2.45. The van der Waals surface area contributed by atoms with Crippen molar-refractivity contribution in [3.05, 3.63) is 75.4 Å². The molecule has 3 N–H and O–H groups in total. The highest BCUT2D eigenvalue weighted by atomic mass is 35.5. The van der Waals surface area contributed by atoms with E-state index in [4.69, 9.17) is 28.2 Å². The standard InChI is InChI=1S/C17H11ClFN3O3S/c18-9-1-6-14-12(7-9)13(23)8-15(25-14)16(24)21-22-17(26)20-11-4-2-10(19)3-5-11/h1-8H,(H,21,24)(H2,20,22,26). The first-order chi connectivity index (χ1) is 12.4. The third-order valence-corrected chi connectivity index (χ3v) is 3.74. The molecule has 0 atom stereocenters. The van der Waals surface area contributed by atoms with Gasteiger partial charge in [0, 0.05) is 16.8 Å². The van der Waals surface area contributed by atoms with Crippen molar-refractivity contribution in [1.82, 2.24) is 10.9 Å². The van der Waals surface area contributed by atoms with E-state index in [1.54, 1.807) is 6.07 Å². The summed E-state index contributed by atoms with van der Waals surface area (Å²) in [5, 5.41) is 3.49. The third kappa shape index (κ3) is 4.16. The van der Waals surface area contributed by atoms with Gasteiger partial charge in [-0.25, -0.2) is 4.39 Å². The van der Waals surface area contributed by atoms with Crippen LogP contribution in [0.2, 0.25) is 5.02 Å². The van der Waals surface area contributed by atoms with Crippen molar-refractivity contribution in [1.29, 1.82) is 0 Å². The minimum absolute atomic E-state index is 0.0693. The minimum atomic E-state index is -0.692. The zero-order valence-electron chi connectivity index (χ0n) is 13.0. The van der Waals surface area contributed by atoms with Crippen LogP contribution in [-0.2, 0) is 0 Å². The molecule has 1 aromatic heterocycles. The second-order valence-corrected chi connectivity index (χ2v) is 6.00. The Labute approximate surface area is 156 Å². The average Bonchev–Trinajstić information content (AvgIpc) is 2.62. The van der Waals surface area contributed by atoms with Gasteiger partial charge < -0.3 is 9.73 Å². The van der Waals surface area contributed by atoms with Gasteiger partial charge in [-0.3, -0.25) is 20.4 Å². The summed E-state index contributed by atoms with van der Waals surface area (Å²) in [5.74, 6) is -1.26. The summed E-state index contributed by atoms with van der Waals surface area (Å²) in [6.07, 6.45) is 0. The van der Waals surface area contributed by atoms with Crippen molar-refractivity contribution >= 4 is 51.5 Å². The minimum Gasteiger partial charge on any atom is -0.451 e. The monoisotopic (exact) mass is 391 g/mol. The Balaban J connectivity index is 1.67. The molecule has 0 spiro atoms. The smallest absolute Gasteiger partial charge is 0.305 e. The summed E-state index contributed by atoms with van der Waals surface area (Å²) in [7, 11) is 0. The van der Waals surface area contributed by atoms with Crippen LogP contribution in [0.5, 0.6) is 0 Å². The summed E-state index contributed by atoms with van der Waals surface area (Å²) in [4.78, 5) is 24.2. The number of nitrogens with one attached hydrogen (secondary N) is 3. The quantitative estimate of drug-likeness (QED) is 0.459. The van der Waals surface area contributed by atoms with Crippen LogP contribution in [0, 0.1) is 5.82 Å². The maximum absolute atomic E-state index is 12.9. The van der Waals surface area contributed by atoms with E-state index in [0.29, 0.717) is 10.7 Å². The van der Waals surface area contributed by atoms with Gasteiger partial charge in [0.15, 0.2) is 16.3 Å².